The normalized spacial score (nSPS) is 21.9. The number of ether oxygens (including phenoxy) is 2. The van der Waals surface area contributed by atoms with Gasteiger partial charge in [0.1, 0.15) is 12.4 Å². The van der Waals surface area contributed by atoms with Crippen molar-refractivity contribution in [3.8, 4) is 5.88 Å². The van der Waals surface area contributed by atoms with Crippen molar-refractivity contribution in [2.45, 2.75) is 45.1 Å². The molecule has 0 saturated carbocycles. The zero-order chi connectivity index (χ0) is 20.1. The number of hydrogen-bond acceptors (Lipinski definition) is 5. The molecule has 0 aliphatic carbocycles. The summed E-state index contributed by atoms with van der Waals surface area (Å²) in [5.74, 6) is 0.274. The van der Waals surface area contributed by atoms with Crippen molar-refractivity contribution >= 4 is 0 Å². The maximum atomic E-state index is 13.7. The van der Waals surface area contributed by atoms with Crippen LogP contribution in [0.1, 0.15) is 30.9 Å². The monoisotopic (exact) mass is 399 g/mol. The minimum absolute atomic E-state index is 0.187. The van der Waals surface area contributed by atoms with Crippen molar-refractivity contribution in [1.82, 2.24) is 14.8 Å². The molecule has 0 N–H and O–H groups in total. The molecule has 1 aromatic heterocycles. The number of rotatable bonds is 6. The Hall–Kier alpha value is -2.02. The number of halogens is 1. The Balaban J connectivity index is 1.23. The highest BCUT2D eigenvalue weighted by molar-refractivity contribution is 5.20. The number of nitrogens with zero attached hydrogens (tertiary/aromatic N) is 3. The van der Waals surface area contributed by atoms with E-state index in [-0.39, 0.29) is 12.4 Å². The molecule has 3 heterocycles. The minimum Gasteiger partial charge on any atom is -0.473 e. The summed E-state index contributed by atoms with van der Waals surface area (Å²) in [5.41, 5.74) is 1.72. The van der Waals surface area contributed by atoms with Gasteiger partial charge >= 0.3 is 0 Å². The van der Waals surface area contributed by atoms with Gasteiger partial charge in [-0.15, -0.1) is 0 Å². The van der Waals surface area contributed by atoms with E-state index in [1.807, 2.05) is 12.3 Å². The standard InChI is InChI=1S/C23H30FN3O2/c1-18-15-27(12-13-28-18)21-8-10-26(11-9-21)16-19-6-7-23(25-14-19)29-17-20-4-2-3-5-22(20)24/h2-7,14,18,21H,8-13,15-17H2,1H3. The van der Waals surface area contributed by atoms with Gasteiger partial charge in [-0.05, 0) is 44.5 Å². The lowest BCUT2D eigenvalue weighted by molar-refractivity contribution is -0.0437. The highest BCUT2D eigenvalue weighted by Crippen LogP contribution is 2.21. The van der Waals surface area contributed by atoms with Crippen molar-refractivity contribution in [3.63, 3.8) is 0 Å². The maximum Gasteiger partial charge on any atom is 0.213 e. The van der Waals surface area contributed by atoms with Crippen LogP contribution in [0.3, 0.4) is 0 Å². The molecule has 0 amide bonds. The van der Waals surface area contributed by atoms with Gasteiger partial charge in [0, 0.05) is 43.5 Å². The molecule has 0 radical (unpaired) electrons. The summed E-state index contributed by atoms with van der Waals surface area (Å²) in [6, 6.07) is 11.3. The smallest absolute Gasteiger partial charge is 0.213 e. The van der Waals surface area contributed by atoms with Crippen molar-refractivity contribution < 1.29 is 13.9 Å². The second-order valence-electron chi connectivity index (χ2n) is 8.07. The van der Waals surface area contributed by atoms with Gasteiger partial charge in [-0.1, -0.05) is 24.3 Å². The Morgan fingerprint density at radius 1 is 1.14 bits per heavy atom. The highest BCUT2D eigenvalue weighted by atomic mass is 19.1. The van der Waals surface area contributed by atoms with Crippen LogP contribution in [0.15, 0.2) is 42.6 Å². The first-order valence-electron chi connectivity index (χ1n) is 10.6. The molecule has 2 fully saturated rings. The van der Waals surface area contributed by atoms with Crippen LogP contribution in [0.5, 0.6) is 5.88 Å². The van der Waals surface area contributed by atoms with Gasteiger partial charge in [0.15, 0.2) is 0 Å². The average Bonchev–Trinajstić information content (AvgIpc) is 2.75. The number of benzene rings is 1. The van der Waals surface area contributed by atoms with E-state index in [2.05, 4.69) is 27.8 Å². The van der Waals surface area contributed by atoms with Crippen LogP contribution < -0.4 is 4.74 Å². The van der Waals surface area contributed by atoms with Crippen molar-refractivity contribution in [2.75, 3.05) is 32.8 Å². The van der Waals surface area contributed by atoms with E-state index in [1.165, 1.54) is 24.5 Å². The molecular formula is C23H30FN3O2. The predicted octanol–water partition coefficient (Wildman–Crippen LogP) is 3.48. The van der Waals surface area contributed by atoms with Crippen LogP contribution in [0, 0.1) is 5.82 Å². The number of likely N-dealkylation sites (tertiary alicyclic amines) is 1. The summed E-state index contributed by atoms with van der Waals surface area (Å²) in [7, 11) is 0. The molecule has 2 saturated heterocycles. The molecule has 2 aromatic rings. The lowest BCUT2D eigenvalue weighted by Gasteiger charge is -2.41. The van der Waals surface area contributed by atoms with Gasteiger partial charge in [0.2, 0.25) is 5.88 Å². The largest absolute Gasteiger partial charge is 0.473 e. The Labute approximate surface area is 172 Å². The van der Waals surface area contributed by atoms with E-state index in [0.717, 1.165) is 39.3 Å². The van der Waals surface area contributed by atoms with Gasteiger partial charge in [0.25, 0.3) is 0 Å². The minimum atomic E-state index is -0.251. The summed E-state index contributed by atoms with van der Waals surface area (Å²) in [4.78, 5) is 9.50. The van der Waals surface area contributed by atoms with E-state index in [4.69, 9.17) is 9.47 Å². The molecule has 6 heteroatoms. The molecule has 2 aliphatic rings. The Bertz CT molecular complexity index is 778. The van der Waals surface area contributed by atoms with E-state index >= 15 is 0 Å². The second kappa shape index (κ2) is 9.65. The average molecular weight is 400 g/mol. The zero-order valence-electron chi connectivity index (χ0n) is 17.1. The first-order valence-corrected chi connectivity index (χ1v) is 10.6. The fourth-order valence-electron chi connectivity index (χ4n) is 4.23. The third kappa shape index (κ3) is 5.53. The summed E-state index contributed by atoms with van der Waals surface area (Å²) in [5, 5.41) is 0. The van der Waals surface area contributed by atoms with Gasteiger partial charge in [0.05, 0.1) is 12.7 Å². The fraction of sp³-hybridized carbons (Fsp3) is 0.522. The molecule has 1 unspecified atom stereocenters. The van der Waals surface area contributed by atoms with Crippen molar-refractivity contribution in [3.05, 3.63) is 59.5 Å². The molecule has 1 aromatic carbocycles. The third-order valence-corrected chi connectivity index (χ3v) is 5.88. The molecule has 0 bridgehead atoms. The molecule has 29 heavy (non-hydrogen) atoms. The quantitative estimate of drug-likeness (QED) is 0.744. The van der Waals surface area contributed by atoms with Crippen LogP contribution in [0.2, 0.25) is 0 Å². The lowest BCUT2D eigenvalue weighted by atomic mass is 10.0. The molecule has 1 atom stereocenters. The topological polar surface area (TPSA) is 37.8 Å². The number of aromatic nitrogens is 1. The first kappa shape index (κ1) is 20.3. The third-order valence-electron chi connectivity index (χ3n) is 5.88. The fourth-order valence-corrected chi connectivity index (χ4v) is 4.23. The Kier molecular flexibility index (Phi) is 6.74. The highest BCUT2D eigenvalue weighted by Gasteiger charge is 2.27. The van der Waals surface area contributed by atoms with Gasteiger partial charge in [-0.3, -0.25) is 9.80 Å². The van der Waals surface area contributed by atoms with Crippen LogP contribution in [0.25, 0.3) is 0 Å². The van der Waals surface area contributed by atoms with E-state index in [0.29, 0.717) is 23.6 Å². The summed E-state index contributed by atoms with van der Waals surface area (Å²) in [6.45, 7) is 8.47. The summed E-state index contributed by atoms with van der Waals surface area (Å²) >= 11 is 0. The number of morpholine rings is 1. The number of pyridine rings is 1. The van der Waals surface area contributed by atoms with Gasteiger partial charge in [-0.2, -0.15) is 0 Å². The van der Waals surface area contributed by atoms with Gasteiger partial charge < -0.3 is 9.47 Å². The van der Waals surface area contributed by atoms with Crippen LogP contribution in [0.4, 0.5) is 4.39 Å². The van der Waals surface area contributed by atoms with Crippen molar-refractivity contribution in [2.24, 2.45) is 0 Å². The Morgan fingerprint density at radius 3 is 2.69 bits per heavy atom. The molecule has 2 aliphatic heterocycles. The van der Waals surface area contributed by atoms with E-state index < -0.39 is 0 Å². The molecule has 156 valence electrons. The lowest BCUT2D eigenvalue weighted by Crippen LogP contribution is -2.50. The first-order chi connectivity index (χ1) is 14.2. The van der Waals surface area contributed by atoms with E-state index in [1.54, 1.807) is 18.2 Å². The zero-order valence-corrected chi connectivity index (χ0v) is 17.1. The van der Waals surface area contributed by atoms with Crippen LogP contribution in [-0.4, -0.2) is 59.7 Å². The molecule has 0 spiro atoms. The number of piperidine rings is 1. The SMILES string of the molecule is CC1CN(C2CCN(Cc3ccc(OCc4ccccc4F)nc3)CC2)CCO1. The second-order valence-corrected chi connectivity index (χ2v) is 8.07. The van der Waals surface area contributed by atoms with Crippen LogP contribution >= 0.6 is 0 Å². The predicted molar refractivity (Wildman–Crippen MR) is 110 cm³/mol. The Morgan fingerprint density at radius 2 is 1.97 bits per heavy atom. The van der Waals surface area contributed by atoms with E-state index in [9.17, 15) is 4.39 Å². The molecule has 5 nitrogen and oxygen atoms in total. The summed E-state index contributed by atoms with van der Waals surface area (Å²) in [6.07, 6.45) is 4.65. The molecular weight excluding hydrogens is 369 g/mol. The summed E-state index contributed by atoms with van der Waals surface area (Å²) < 4.78 is 25.0. The number of hydrogen-bond donors (Lipinski definition) is 0. The van der Waals surface area contributed by atoms with Crippen LogP contribution in [-0.2, 0) is 17.9 Å². The molecule has 4 rings (SSSR count). The van der Waals surface area contributed by atoms with Crippen molar-refractivity contribution in [1.29, 1.82) is 0 Å². The van der Waals surface area contributed by atoms with Gasteiger partial charge in [-0.25, -0.2) is 9.37 Å². The maximum absolute atomic E-state index is 13.7.